The lowest BCUT2D eigenvalue weighted by Crippen LogP contribution is -2.13. The number of benzene rings is 1. The average Bonchev–Trinajstić information content (AvgIpc) is 2.97. The molecule has 0 aliphatic carbocycles. The monoisotopic (exact) mass is 332 g/mol. The maximum Gasteiger partial charge on any atom is 0.263 e. The molecule has 23 heavy (non-hydrogen) atoms. The first-order valence-electron chi connectivity index (χ1n) is 7.04. The van der Waals surface area contributed by atoms with Crippen LogP contribution in [0.25, 0.3) is 5.65 Å². The summed E-state index contributed by atoms with van der Waals surface area (Å²) < 4.78 is 34.3. The van der Waals surface area contributed by atoms with E-state index in [1.165, 1.54) is 12.3 Å². The molecule has 0 unspecified atom stereocenters. The normalized spacial score (nSPS) is 11.6. The van der Waals surface area contributed by atoms with E-state index in [9.17, 15) is 8.42 Å². The number of sulfonamides is 1. The molecule has 0 bridgehead atoms. The SMILES string of the molecule is CCc1nnc2ccc(S(=O)(=O)Nc3ccc(OC)cc3)cn12. The third kappa shape index (κ3) is 2.98. The molecule has 0 amide bonds. The number of aromatic nitrogens is 3. The summed E-state index contributed by atoms with van der Waals surface area (Å²) in [5, 5.41) is 8.02. The largest absolute Gasteiger partial charge is 0.497 e. The van der Waals surface area contributed by atoms with Gasteiger partial charge < -0.3 is 4.74 Å². The van der Waals surface area contributed by atoms with Gasteiger partial charge in [-0.15, -0.1) is 10.2 Å². The lowest BCUT2D eigenvalue weighted by atomic mass is 10.3. The minimum Gasteiger partial charge on any atom is -0.497 e. The van der Waals surface area contributed by atoms with Gasteiger partial charge in [-0.1, -0.05) is 6.92 Å². The minimum atomic E-state index is -3.69. The van der Waals surface area contributed by atoms with Crippen molar-refractivity contribution in [3.8, 4) is 5.75 Å². The number of rotatable bonds is 5. The van der Waals surface area contributed by atoms with Crippen molar-refractivity contribution in [1.29, 1.82) is 0 Å². The Morgan fingerprint density at radius 2 is 1.87 bits per heavy atom. The van der Waals surface area contributed by atoms with Gasteiger partial charge in [0.25, 0.3) is 10.0 Å². The van der Waals surface area contributed by atoms with Crippen LogP contribution in [0.15, 0.2) is 47.5 Å². The van der Waals surface area contributed by atoms with Crippen LogP contribution >= 0.6 is 0 Å². The van der Waals surface area contributed by atoms with Crippen LogP contribution in [0, 0.1) is 0 Å². The summed E-state index contributed by atoms with van der Waals surface area (Å²) in [6, 6.07) is 9.81. The fraction of sp³-hybridized carbons (Fsp3) is 0.200. The van der Waals surface area contributed by atoms with Crippen LogP contribution in [0.5, 0.6) is 5.75 Å². The van der Waals surface area contributed by atoms with E-state index in [1.807, 2.05) is 6.92 Å². The number of pyridine rings is 1. The van der Waals surface area contributed by atoms with Crippen LogP contribution < -0.4 is 9.46 Å². The third-order valence-electron chi connectivity index (χ3n) is 3.41. The molecule has 7 nitrogen and oxygen atoms in total. The predicted octanol–water partition coefficient (Wildman–Crippen LogP) is 2.10. The molecule has 0 radical (unpaired) electrons. The van der Waals surface area contributed by atoms with Crippen LogP contribution in [0.3, 0.4) is 0 Å². The number of fused-ring (bicyclic) bond motifs is 1. The van der Waals surface area contributed by atoms with Crippen molar-refractivity contribution in [3.05, 3.63) is 48.4 Å². The molecule has 1 N–H and O–H groups in total. The Morgan fingerprint density at radius 3 is 2.52 bits per heavy atom. The molecule has 2 aromatic heterocycles. The van der Waals surface area contributed by atoms with Crippen molar-refractivity contribution >= 4 is 21.4 Å². The molecule has 8 heteroatoms. The molecule has 120 valence electrons. The highest BCUT2D eigenvalue weighted by Gasteiger charge is 2.16. The van der Waals surface area contributed by atoms with Crippen molar-refractivity contribution in [2.75, 3.05) is 11.8 Å². The zero-order chi connectivity index (χ0) is 16.4. The molecule has 0 spiro atoms. The lowest BCUT2D eigenvalue weighted by molar-refractivity contribution is 0.415. The summed E-state index contributed by atoms with van der Waals surface area (Å²) in [6.07, 6.45) is 2.19. The number of aryl methyl sites for hydroxylation is 1. The number of nitrogens with zero attached hydrogens (tertiary/aromatic N) is 3. The van der Waals surface area contributed by atoms with Crippen molar-refractivity contribution < 1.29 is 13.2 Å². The van der Waals surface area contributed by atoms with E-state index in [0.29, 0.717) is 29.3 Å². The number of hydrogen-bond donors (Lipinski definition) is 1. The number of hydrogen-bond acceptors (Lipinski definition) is 5. The van der Waals surface area contributed by atoms with Gasteiger partial charge in [-0.25, -0.2) is 8.42 Å². The Bertz CT molecular complexity index is 933. The van der Waals surface area contributed by atoms with E-state index in [1.54, 1.807) is 41.8 Å². The van der Waals surface area contributed by atoms with E-state index >= 15 is 0 Å². The van der Waals surface area contributed by atoms with Gasteiger partial charge in [0.15, 0.2) is 5.65 Å². The summed E-state index contributed by atoms with van der Waals surface area (Å²) in [5.41, 5.74) is 1.08. The summed E-state index contributed by atoms with van der Waals surface area (Å²) >= 11 is 0. The third-order valence-corrected chi connectivity index (χ3v) is 4.78. The summed E-state index contributed by atoms with van der Waals surface area (Å²) in [6.45, 7) is 1.94. The van der Waals surface area contributed by atoms with Gasteiger partial charge in [0.2, 0.25) is 0 Å². The van der Waals surface area contributed by atoms with Gasteiger partial charge in [-0.2, -0.15) is 0 Å². The summed E-state index contributed by atoms with van der Waals surface area (Å²) in [4.78, 5) is 0.148. The summed E-state index contributed by atoms with van der Waals surface area (Å²) in [7, 11) is -2.14. The van der Waals surface area contributed by atoms with Crippen LogP contribution in [-0.2, 0) is 16.4 Å². The fourth-order valence-corrected chi connectivity index (χ4v) is 3.25. The second kappa shape index (κ2) is 5.88. The Labute approximate surface area is 134 Å². The van der Waals surface area contributed by atoms with Gasteiger partial charge in [-0.3, -0.25) is 9.12 Å². The molecule has 0 aliphatic rings. The van der Waals surface area contributed by atoms with Crippen molar-refractivity contribution in [2.24, 2.45) is 0 Å². The molecular formula is C15H16N4O3S. The highest BCUT2D eigenvalue weighted by Crippen LogP contribution is 2.20. The van der Waals surface area contributed by atoms with Gasteiger partial charge in [0.05, 0.1) is 7.11 Å². The van der Waals surface area contributed by atoms with Crippen LogP contribution in [0.1, 0.15) is 12.7 Å². The highest BCUT2D eigenvalue weighted by molar-refractivity contribution is 7.92. The Kier molecular flexibility index (Phi) is 3.91. The minimum absolute atomic E-state index is 0.148. The quantitative estimate of drug-likeness (QED) is 0.773. The van der Waals surface area contributed by atoms with E-state index in [-0.39, 0.29) is 4.90 Å². The lowest BCUT2D eigenvalue weighted by Gasteiger charge is -2.09. The number of nitrogens with one attached hydrogen (secondary N) is 1. The van der Waals surface area contributed by atoms with Crippen molar-refractivity contribution in [3.63, 3.8) is 0 Å². The maximum atomic E-state index is 12.5. The predicted molar refractivity (Wildman–Crippen MR) is 86.2 cm³/mol. The first-order chi connectivity index (χ1) is 11.0. The molecule has 3 aromatic rings. The Hall–Kier alpha value is -2.61. The van der Waals surface area contributed by atoms with E-state index < -0.39 is 10.0 Å². The first-order valence-corrected chi connectivity index (χ1v) is 8.52. The molecule has 1 aromatic carbocycles. The van der Waals surface area contributed by atoms with Crippen LogP contribution in [-0.4, -0.2) is 30.1 Å². The van der Waals surface area contributed by atoms with Gasteiger partial charge >= 0.3 is 0 Å². The molecule has 3 rings (SSSR count). The van der Waals surface area contributed by atoms with Gasteiger partial charge in [0.1, 0.15) is 16.5 Å². The number of ether oxygens (including phenoxy) is 1. The Balaban J connectivity index is 1.94. The number of methoxy groups -OCH3 is 1. The molecule has 2 heterocycles. The first kappa shape index (κ1) is 15.3. The molecule has 0 saturated carbocycles. The van der Waals surface area contributed by atoms with E-state index in [4.69, 9.17) is 4.74 Å². The molecule has 0 atom stereocenters. The fourth-order valence-electron chi connectivity index (χ4n) is 2.19. The molecular weight excluding hydrogens is 316 g/mol. The standard InChI is InChI=1S/C15H16N4O3S/c1-3-14-16-17-15-9-8-13(10-19(14)15)23(20,21)18-11-4-6-12(22-2)7-5-11/h4-10,18H,3H2,1-2H3. The van der Waals surface area contributed by atoms with Crippen molar-refractivity contribution in [1.82, 2.24) is 14.6 Å². The van der Waals surface area contributed by atoms with Crippen LogP contribution in [0.2, 0.25) is 0 Å². The second-order valence-electron chi connectivity index (χ2n) is 4.90. The van der Waals surface area contributed by atoms with Crippen LogP contribution in [0.4, 0.5) is 5.69 Å². The van der Waals surface area contributed by atoms with Gasteiger partial charge in [-0.05, 0) is 36.4 Å². The van der Waals surface area contributed by atoms with Crippen molar-refractivity contribution in [2.45, 2.75) is 18.2 Å². The molecule has 0 aliphatic heterocycles. The molecule has 0 fully saturated rings. The zero-order valence-electron chi connectivity index (χ0n) is 12.7. The van der Waals surface area contributed by atoms with E-state index in [2.05, 4.69) is 14.9 Å². The second-order valence-corrected chi connectivity index (χ2v) is 6.58. The number of anilines is 1. The van der Waals surface area contributed by atoms with E-state index in [0.717, 1.165) is 0 Å². The average molecular weight is 332 g/mol. The summed E-state index contributed by atoms with van der Waals surface area (Å²) in [5.74, 6) is 1.37. The topological polar surface area (TPSA) is 85.6 Å². The maximum absolute atomic E-state index is 12.5. The van der Waals surface area contributed by atoms with Gasteiger partial charge in [0, 0.05) is 18.3 Å². The highest BCUT2D eigenvalue weighted by atomic mass is 32.2. The zero-order valence-corrected chi connectivity index (χ0v) is 13.5. The Morgan fingerprint density at radius 1 is 1.13 bits per heavy atom. The smallest absolute Gasteiger partial charge is 0.263 e. The molecule has 0 saturated heterocycles.